The van der Waals surface area contributed by atoms with Crippen molar-refractivity contribution < 1.29 is 14.7 Å². The number of rotatable bonds is 4. The second-order valence-electron chi connectivity index (χ2n) is 4.16. The number of carboxylic acid groups (broad SMARTS) is 1. The average Bonchev–Trinajstić information content (AvgIpc) is 2.66. The molecule has 0 aromatic carbocycles. The number of carboxylic acids is 1. The lowest BCUT2D eigenvalue weighted by molar-refractivity contribution is -0.124. The third kappa shape index (κ3) is 2.82. The molecule has 0 aliphatic rings. The number of nitrogens with one attached hydrogen (secondary N) is 1. The molecule has 1 aromatic rings. The van der Waals surface area contributed by atoms with Gasteiger partial charge in [0, 0.05) is 5.41 Å². The van der Waals surface area contributed by atoms with Crippen molar-refractivity contribution in [1.82, 2.24) is 0 Å². The standard InChI is InChI=1S/C11H15NO3S/c1-4-11(2,3)10(15)12-8-6-5-7(16-8)9(13)14/h5-6H,4H2,1-3H3,(H,12,15)(H,13,14). The van der Waals surface area contributed by atoms with Crippen LogP contribution in [0.2, 0.25) is 0 Å². The van der Waals surface area contributed by atoms with E-state index in [1.165, 1.54) is 6.07 Å². The summed E-state index contributed by atoms with van der Waals surface area (Å²) >= 11 is 1.06. The quantitative estimate of drug-likeness (QED) is 0.851. The molecule has 1 rings (SSSR count). The Morgan fingerprint density at radius 2 is 2.06 bits per heavy atom. The van der Waals surface area contributed by atoms with Gasteiger partial charge in [-0.1, -0.05) is 20.8 Å². The van der Waals surface area contributed by atoms with Gasteiger partial charge in [0.1, 0.15) is 4.88 Å². The predicted molar refractivity (Wildman–Crippen MR) is 64.0 cm³/mol. The van der Waals surface area contributed by atoms with Crippen molar-refractivity contribution in [2.45, 2.75) is 27.2 Å². The Hall–Kier alpha value is -1.36. The molecule has 5 heteroatoms. The predicted octanol–water partition coefficient (Wildman–Crippen LogP) is 2.82. The molecule has 88 valence electrons. The smallest absolute Gasteiger partial charge is 0.345 e. The second kappa shape index (κ2) is 4.65. The van der Waals surface area contributed by atoms with Gasteiger partial charge in [-0.2, -0.15) is 0 Å². The van der Waals surface area contributed by atoms with E-state index in [0.717, 1.165) is 17.8 Å². The van der Waals surface area contributed by atoms with Crippen molar-refractivity contribution in [2.75, 3.05) is 5.32 Å². The topological polar surface area (TPSA) is 66.4 Å². The fraction of sp³-hybridized carbons (Fsp3) is 0.455. The first-order valence-electron chi connectivity index (χ1n) is 5.01. The third-order valence-corrected chi connectivity index (χ3v) is 3.54. The van der Waals surface area contributed by atoms with Crippen LogP contribution >= 0.6 is 11.3 Å². The number of carbonyl (C=O) groups excluding carboxylic acids is 1. The minimum absolute atomic E-state index is 0.0891. The summed E-state index contributed by atoms with van der Waals surface area (Å²) in [5.74, 6) is -1.06. The normalized spacial score (nSPS) is 11.2. The highest BCUT2D eigenvalue weighted by molar-refractivity contribution is 7.18. The van der Waals surface area contributed by atoms with Crippen molar-refractivity contribution >= 4 is 28.2 Å². The zero-order valence-electron chi connectivity index (χ0n) is 9.53. The largest absolute Gasteiger partial charge is 0.477 e. The number of thiophene rings is 1. The van der Waals surface area contributed by atoms with E-state index in [1.807, 2.05) is 20.8 Å². The molecule has 0 unspecified atom stereocenters. The van der Waals surface area contributed by atoms with Crippen molar-refractivity contribution in [3.8, 4) is 0 Å². The van der Waals surface area contributed by atoms with E-state index in [-0.39, 0.29) is 10.8 Å². The summed E-state index contributed by atoms with van der Waals surface area (Å²) in [7, 11) is 0. The third-order valence-electron chi connectivity index (χ3n) is 2.55. The highest BCUT2D eigenvalue weighted by Gasteiger charge is 2.25. The van der Waals surface area contributed by atoms with Crippen LogP contribution in [0, 0.1) is 5.41 Å². The Morgan fingerprint density at radius 3 is 2.50 bits per heavy atom. The van der Waals surface area contributed by atoms with Crippen molar-refractivity contribution in [1.29, 1.82) is 0 Å². The van der Waals surface area contributed by atoms with Crippen LogP contribution in [0.4, 0.5) is 5.00 Å². The molecule has 1 aromatic heterocycles. The minimum atomic E-state index is -0.972. The zero-order valence-corrected chi connectivity index (χ0v) is 10.4. The summed E-state index contributed by atoms with van der Waals surface area (Å²) in [6, 6.07) is 3.10. The first-order chi connectivity index (χ1) is 7.36. The van der Waals surface area contributed by atoms with Gasteiger partial charge in [0.2, 0.25) is 5.91 Å². The van der Waals surface area contributed by atoms with Gasteiger partial charge in [0.15, 0.2) is 0 Å². The Balaban J connectivity index is 2.74. The molecular formula is C11H15NO3S. The Kier molecular flexibility index (Phi) is 3.70. The van der Waals surface area contributed by atoms with E-state index in [2.05, 4.69) is 5.32 Å². The Labute approximate surface area is 98.3 Å². The molecule has 2 N–H and O–H groups in total. The number of hydrogen-bond acceptors (Lipinski definition) is 3. The maximum Gasteiger partial charge on any atom is 0.345 e. The molecule has 0 aliphatic heterocycles. The van der Waals surface area contributed by atoms with Gasteiger partial charge in [-0.25, -0.2) is 4.79 Å². The zero-order chi connectivity index (χ0) is 12.3. The maximum atomic E-state index is 11.8. The highest BCUT2D eigenvalue weighted by atomic mass is 32.1. The van der Waals surface area contributed by atoms with Crippen molar-refractivity contribution in [3.63, 3.8) is 0 Å². The van der Waals surface area contributed by atoms with Crippen LogP contribution in [0.3, 0.4) is 0 Å². The molecule has 4 nitrogen and oxygen atoms in total. The van der Waals surface area contributed by atoms with Crippen LogP contribution < -0.4 is 5.32 Å². The van der Waals surface area contributed by atoms with E-state index in [4.69, 9.17) is 5.11 Å². The lowest BCUT2D eigenvalue weighted by Gasteiger charge is -2.20. The van der Waals surface area contributed by atoms with E-state index in [9.17, 15) is 9.59 Å². The summed E-state index contributed by atoms with van der Waals surface area (Å²) in [4.78, 5) is 22.7. The minimum Gasteiger partial charge on any atom is -0.477 e. The Bertz CT molecular complexity index is 409. The highest BCUT2D eigenvalue weighted by Crippen LogP contribution is 2.26. The van der Waals surface area contributed by atoms with E-state index in [0.29, 0.717) is 5.00 Å². The molecule has 0 radical (unpaired) electrons. The van der Waals surface area contributed by atoms with Gasteiger partial charge in [-0.3, -0.25) is 4.79 Å². The van der Waals surface area contributed by atoms with Gasteiger partial charge in [-0.05, 0) is 18.6 Å². The van der Waals surface area contributed by atoms with E-state index >= 15 is 0 Å². The summed E-state index contributed by atoms with van der Waals surface area (Å²) in [6.45, 7) is 5.65. The molecule has 16 heavy (non-hydrogen) atoms. The van der Waals surface area contributed by atoms with Gasteiger partial charge in [0.25, 0.3) is 0 Å². The molecule has 1 amide bonds. The van der Waals surface area contributed by atoms with E-state index < -0.39 is 11.4 Å². The second-order valence-corrected chi connectivity index (χ2v) is 5.24. The molecule has 0 atom stereocenters. The summed E-state index contributed by atoms with van der Waals surface area (Å²) in [5.41, 5.74) is -0.437. The fourth-order valence-electron chi connectivity index (χ4n) is 0.962. The number of carbonyl (C=O) groups is 2. The van der Waals surface area contributed by atoms with Gasteiger partial charge < -0.3 is 10.4 Å². The maximum absolute atomic E-state index is 11.8. The molecule has 0 saturated heterocycles. The number of anilines is 1. The molecule has 0 fully saturated rings. The van der Waals surface area contributed by atoms with Crippen LogP contribution in [-0.4, -0.2) is 17.0 Å². The van der Waals surface area contributed by atoms with Gasteiger partial charge in [0.05, 0.1) is 5.00 Å². The van der Waals surface area contributed by atoms with Crippen LogP contribution in [0.15, 0.2) is 12.1 Å². The first-order valence-corrected chi connectivity index (χ1v) is 5.83. The first kappa shape index (κ1) is 12.7. The summed E-state index contributed by atoms with van der Waals surface area (Å²) in [5, 5.41) is 12.0. The SMILES string of the molecule is CCC(C)(C)C(=O)Nc1ccc(C(=O)O)s1. The number of hydrogen-bond donors (Lipinski definition) is 2. The van der Waals surface area contributed by atoms with Crippen molar-refractivity contribution in [3.05, 3.63) is 17.0 Å². The summed E-state index contributed by atoms with van der Waals surface area (Å²) in [6.07, 6.45) is 0.732. The molecule has 0 saturated carbocycles. The van der Waals surface area contributed by atoms with Gasteiger partial charge >= 0.3 is 5.97 Å². The molecular weight excluding hydrogens is 226 g/mol. The van der Waals surface area contributed by atoms with E-state index in [1.54, 1.807) is 6.07 Å². The molecule has 1 heterocycles. The molecule has 0 bridgehead atoms. The van der Waals surface area contributed by atoms with Crippen LogP contribution in [0.5, 0.6) is 0 Å². The number of aromatic carboxylic acids is 1. The lowest BCUT2D eigenvalue weighted by atomic mass is 9.89. The average molecular weight is 241 g/mol. The Morgan fingerprint density at radius 1 is 1.44 bits per heavy atom. The van der Waals surface area contributed by atoms with Gasteiger partial charge in [-0.15, -0.1) is 11.3 Å². The van der Waals surface area contributed by atoms with Crippen LogP contribution in [-0.2, 0) is 4.79 Å². The monoisotopic (exact) mass is 241 g/mol. The summed E-state index contributed by atoms with van der Waals surface area (Å²) < 4.78 is 0. The molecule has 0 spiro atoms. The lowest BCUT2D eigenvalue weighted by Crippen LogP contribution is -2.29. The fourth-order valence-corrected chi connectivity index (χ4v) is 1.70. The van der Waals surface area contributed by atoms with Crippen molar-refractivity contribution in [2.24, 2.45) is 5.41 Å². The van der Waals surface area contributed by atoms with Crippen LogP contribution in [0.1, 0.15) is 36.9 Å². The molecule has 0 aliphatic carbocycles. The van der Waals surface area contributed by atoms with Crippen LogP contribution in [0.25, 0.3) is 0 Å². The number of amides is 1.